The predicted molar refractivity (Wildman–Crippen MR) is 55.8 cm³/mol. The number of rotatable bonds is 4. The zero-order valence-electron chi connectivity index (χ0n) is 8.89. The number of hydrogen-bond acceptors (Lipinski definition) is 2. The molecule has 4 nitrogen and oxygen atoms in total. The molecule has 1 saturated carbocycles. The summed E-state index contributed by atoms with van der Waals surface area (Å²) < 4.78 is 2.12. The van der Waals surface area contributed by atoms with E-state index in [1.165, 1.54) is 19.3 Å². The lowest BCUT2D eigenvalue weighted by atomic mass is 9.93. The van der Waals surface area contributed by atoms with Gasteiger partial charge in [0.1, 0.15) is 0 Å². The van der Waals surface area contributed by atoms with Crippen LogP contribution in [0.5, 0.6) is 0 Å². The molecule has 0 spiro atoms. The second kappa shape index (κ2) is 4.04. The van der Waals surface area contributed by atoms with Gasteiger partial charge in [-0.2, -0.15) is 0 Å². The largest absolute Gasteiger partial charge is 0.481 e. The molecule has 1 aromatic rings. The summed E-state index contributed by atoms with van der Waals surface area (Å²) in [4.78, 5) is 14.8. The summed E-state index contributed by atoms with van der Waals surface area (Å²) in [5, 5.41) is 8.68. The van der Waals surface area contributed by atoms with E-state index in [9.17, 15) is 4.79 Å². The number of nitrogens with zero attached hydrogens (tertiary/aromatic N) is 2. The lowest BCUT2D eigenvalue weighted by molar-refractivity contribution is -0.137. The molecule has 0 aromatic carbocycles. The average Bonchev–Trinajstić information content (AvgIpc) is 2.48. The van der Waals surface area contributed by atoms with Crippen molar-refractivity contribution in [2.24, 2.45) is 0 Å². The summed E-state index contributed by atoms with van der Waals surface area (Å²) in [5.41, 5.74) is 0.893. The van der Waals surface area contributed by atoms with Crippen LogP contribution in [0.1, 0.15) is 50.3 Å². The van der Waals surface area contributed by atoms with E-state index < -0.39 is 5.97 Å². The minimum Gasteiger partial charge on any atom is -0.481 e. The Kier molecular flexibility index (Phi) is 2.75. The van der Waals surface area contributed by atoms with E-state index in [1.807, 2.05) is 19.4 Å². The number of carboxylic acids is 1. The quantitative estimate of drug-likeness (QED) is 0.825. The van der Waals surface area contributed by atoms with E-state index in [0.717, 1.165) is 5.69 Å². The van der Waals surface area contributed by atoms with Crippen LogP contribution in [0.2, 0.25) is 0 Å². The molecule has 1 aliphatic rings. The van der Waals surface area contributed by atoms with Gasteiger partial charge in [-0.3, -0.25) is 4.79 Å². The van der Waals surface area contributed by atoms with E-state index in [1.54, 1.807) is 0 Å². The second-order valence-electron chi connectivity index (χ2n) is 4.33. The van der Waals surface area contributed by atoms with Crippen molar-refractivity contribution in [3.05, 3.63) is 18.2 Å². The molecular weight excluding hydrogens is 192 g/mol. The normalized spacial score (nSPS) is 18.5. The van der Waals surface area contributed by atoms with Crippen molar-refractivity contribution < 1.29 is 9.90 Å². The van der Waals surface area contributed by atoms with Crippen LogP contribution in [-0.2, 0) is 4.79 Å². The van der Waals surface area contributed by atoms with Gasteiger partial charge in [-0.15, -0.1) is 0 Å². The molecule has 82 valence electrons. The summed E-state index contributed by atoms with van der Waals surface area (Å²) in [6, 6.07) is 0.600. The van der Waals surface area contributed by atoms with Crippen LogP contribution in [-0.4, -0.2) is 20.6 Å². The van der Waals surface area contributed by atoms with Crippen LogP contribution in [0.4, 0.5) is 0 Å². The summed E-state index contributed by atoms with van der Waals surface area (Å²) in [5.74, 6) is -0.760. The molecular formula is C11H16N2O2. The number of carboxylic acid groups (broad SMARTS) is 1. The number of hydrogen-bond donors (Lipinski definition) is 1. The highest BCUT2D eigenvalue weighted by Gasteiger charge is 2.20. The van der Waals surface area contributed by atoms with E-state index in [0.29, 0.717) is 6.04 Å². The third-order valence-electron chi connectivity index (χ3n) is 3.10. The topological polar surface area (TPSA) is 55.1 Å². The van der Waals surface area contributed by atoms with Crippen molar-refractivity contribution in [3.8, 4) is 0 Å². The van der Waals surface area contributed by atoms with Gasteiger partial charge in [0.2, 0.25) is 0 Å². The van der Waals surface area contributed by atoms with Gasteiger partial charge in [-0.1, -0.05) is 6.92 Å². The number of carbonyl (C=O) groups is 1. The number of aliphatic carboxylic acids is 1. The lowest BCUT2D eigenvalue weighted by Gasteiger charge is -2.26. The van der Waals surface area contributed by atoms with Crippen LogP contribution in [0.15, 0.2) is 12.5 Å². The van der Waals surface area contributed by atoms with Gasteiger partial charge in [0, 0.05) is 18.2 Å². The Bertz CT molecular complexity index is 355. The highest BCUT2D eigenvalue weighted by molar-refractivity contribution is 5.67. The zero-order chi connectivity index (χ0) is 10.8. The van der Waals surface area contributed by atoms with Crippen molar-refractivity contribution >= 4 is 5.97 Å². The average molecular weight is 208 g/mol. The first-order valence-corrected chi connectivity index (χ1v) is 5.42. The number of aromatic nitrogens is 2. The lowest BCUT2D eigenvalue weighted by Crippen LogP contribution is -2.15. The van der Waals surface area contributed by atoms with Crippen LogP contribution < -0.4 is 0 Å². The molecule has 1 aromatic heterocycles. The Morgan fingerprint density at radius 1 is 1.73 bits per heavy atom. The van der Waals surface area contributed by atoms with Gasteiger partial charge in [-0.05, 0) is 19.3 Å². The predicted octanol–water partition coefficient (Wildman–Crippen LogP) is 2.19. The van der Waals surface area contributed by atoms with Gasteiger partial charge in [-0.25, -0.2) is 4.98 Å². The maximum Gasteiger partial charge on any atom is 0.304 e. The van der Waals surface area contributed by atoms with Gasteiger partial charge >= 0.3 is 5.97 Å². The molecule has 15 heavy (non-hydrogen) atoms. The van der Waals surface area contributed by atoms with E-state index in [4.69, 9.17) is 5.11 Å². The van der Waals surface area contributed by atoms with E-state index >= 15 is 0 Å². The minimum absolute atomic E-state index is 0.00354. The smallest absolute Gasteiger partial charge is 0.304 e. The fourth-order valence-corrected chi connectivity index (χ4v) is 1.86. The molecule has 1 fully saturated rings. The zero-order valence-corrected chi connectivity index (χ0v) is 8.89. The summed E-state index contributed by atoms with van der Waals surface area (Å²) in [6.07, 6.45) is 7.73. The van der Waals surface area contributed by atoms with Crippen molar-refractivity contribution in [1.82, 2.24) is 9.55 Å². The van der Waals surface area contributed by atoms with Gasteiger partial charge in [0.05, 0.1) is 18.4 Å². The molecule has 1 heterocycles. The standard InChI is InChI=1S/C11H16N2O2/c1-8(5-11(14)15)10-6-13(7-12-10)9-3-2-4-9/h6-9H,2-5H2,1H3,(H,14,15). The summed E-state index contributed by atoms with van der Waals surface area (Å²) in [7, 11) is 0. The SMILES string of the molecule is CC(CC(=O)O)c1cn(C2CCC2)cn1. The molecule has 1 atom stereocenters. The Balaban J connectivity index is 2.02. The fraction of sp³-hybridized carbons (Fsp3) is 0.636. The fourth-order valence-electron chi connectivity index (χ4n) is 1.86. The van der Waals surface area contributed by atoms with Crippen LogP contribution >= 0.6 is 0 Å². The maximum atomic E-state index is 10.6. The Morgan fingerprint density at radius 2 is 2.47 bits per heavy atom. The van der Waals surface area contributed by atoms with Crippen molar-refractivity contribution in [1.29, 1.82) is 0 Å². The summed E-state index contributed by atoms with van der Waals surface area (Å²) in [6.45, 7) is 1.90. The Hall–Kier alpha value is -1.32. The first-order chi connectivity index (χ1) is 7.16. The molecule has 1 N–H and O–H groups in total. The molecule has 2 rings (SSSR count). The minimum atomic E-state index is -0.763. The maximum absolute atomic E-state index is 10.6. The molecule has 1 unspecified atom stereocenters. The highest BCUT2D eigenvalue weighted by atomic mass is 16.4. The molecule has 1 aliphatic carbocycles. The molecule has 0 amide bonds. The molecule has 4 heteroatoms. The summed E-state index contributed by atoms with van der Waals surface area (Å²) >= 11 is 0. The van der Waals surface area contributed by atoms with Crippen molar-refractivity contribution in [2.45, 2.75) is 44.6 Å². The molecule has 0 radical (unpaired) electrons. The van der Waals surface area contributed by atoms with Crippen LogP contribution in [0.3, 0.4) is 0 Å². The number of imidazole rings is 1. The highest BCUT2D eigenvalue weighted by Crippen LogP contribution is 2.32. The Morgan fingerprint density at radius 3 is 3.00 bits per heavy atom. The third kappa shape index (κ3) is 2.19. The monoisotopic (exact) mass is 208 g/mol. The molecule has 0 bridgehead atoms. The first-order valence-electron chi connectivity index (χ1n) is 5.42. The second-order valence-corrected chi connectivity index (χ2v) is 4.33. The van der Waals surface area contributed by atoms with E-state index in [-0.39, 0.29) is 12.3 Å². The van der Waals surface area contributed by atoms with Crippen molar-refractivity contribution in [2.75, 3.05) is 0 Å². The Labute approximate surface area is 88.9 Å². The van der Waals surface area contributed by atoms with Gasteiger partial charge < -0.3 is 9.67 Å². The van der Waals surface area contributed by atoms with Crippen LogP contribution in [0, 0.1) is 0 Å². The molecule has 0 saturated heterocycles. The van der Waals surface area contributed by atoms with Gasteiger partial charge in [0.15, 0.2) is 0 Å². The van der Waals surface area contributed by atoms with Crippen LogP contribution in [0.25, 0.3) is 0 Å². The molecule has 0 aliphatic heterocycles. The van der Waals surface area contributed by atoms with E-state index in [2.05, 4.69) is 9.55 Å². The van der Waals surface area contributed by atoms with Gasteiger partial charge in [0.25, 0.3) is 0 Å². The first kappa shape index (κ1) is 10.2. The van der Waals surface area contributed by atoms with Crippen molar-refractivity contribution in [3.63, 3.8) is 0 Å². The third-order valence-corrected chi connectivity index (χ3v) is 3.10.